The van der Waals surface area contributed by atoms with Crippen LogP contribution in [-0.4, -0.2) is 71.1 Å². The van der Waals surface area contributed by atoms with E-state index in [1.54, 1.807) is 13.8 Å². The van der Waals surface area contributed by atoms with E-state index in [0.29, 0.717) is 12.8 Å². The van der Waals surface area contributed by atoms with Gasteiger partial charge in [-0.1, -0.05) is 20.3 Å². The third-order valence-corrected chi connectivity index (χ3v) is 4.61. The maximum atomic E-state index is 12.4. The second kappa shape index (κ2) is 11.2. The highest BCUT2D eigenvalue weighted by molar-refractivity contribution is 5.93. The molecule has 4 atom stereocenters. The molecule has 1 aliphatic heterocycles. The van der Waals surface area contributed by atoms with Crippen LogP contribution in [0.5, 0.6) is 0 Å². The second-order valence-corrected chi connectivity index (χ2v) is 6.79. The molecular weight excluding hydrogens is 372 g/mol. The van der Waals surface area contributed by atoms with Gasteiger partial charge in [0.15, 0.2) is 0 Å². The van der Waals surface area contributed by atoms with E-state index in [1.165, 1.54) is 0 Å². The van der Waals surface area contributed by atoms with Gasteiger partial charge in [-0.05, 0) is 25.3 Å². The van der Waals surface area contributed by atoms with Crippen LogP contribution in [0, 0.1) is 5.92 Å². The predicted molar refractivity (Wildman–Crippen MR) is 97.2 cm³/mol. The molecule has 11 nitrogen and oxygen atoms in total. The Labute approximate surface area is 162 Å². The zero-order valence-corrected chi connectivity index (χ0v) is 16.0. The minimum Gasteiger partial charge on any atom is -0.481 e. The van der Waals surface area contributed by atoms with E-state index in [9.17, 15) is 24.0 Å². The largest absolute Gasteiger partial charge is 0.481 e. The summed E-state index contributed by atoms with van der Waals surface area (Å²) in [5, 5.41) is 28.0. The molecule has 3 amide bonds. The van der Waals surface area contributed by atoms with Crippen LogP contribution < -0.4 is 21.3 Å². The Balaban J connectivity index is 2.66. The van der Waals surface area contributed by atoms with Gasteiger partial charge in [-0.3, -0.25) is 19.2 Å². The normalized spacial score (nSPS) is 19.1. The molecule has 1 rings (SSSR count). The smallest absolute Gasteiger partial charge is 0.326 e. The maximum Gasteiger partial charge on any atom is 0.326 e. The zero-order valence-electron chi connectivity index (χ0n) is 16.0. The molecule has 0 spiro atoms. The summed E-state index contributed by atoms with van der Waals surface area (Å²) in [6, 6.07) is -3.01. The van der Waals surface area contributed by atoms with Crippen molar-refractivity contribution >= 4 is 29.7 Å². The number of hydrogen-bond donors (Lipinski definition) is 6. The molecule has 1 saturated heterocycles. The molecule has 0 aromatic heterocycles. The number of amides is 3. The molecule has 28 heavy (non-hydrogen) atoms. The molecule has 11 heteroatoms. The van der Waals surface area contributed by atoms with Crippen LogP contribution in [0.3, 0.4) is 0 Å². The van der Waals surface area contributed by atoms with Crippen molar-refractivity contribution in [1.29, 1.82) is 0 Å². The average molecular weight is 400 g/mol. The van der Waals surface area contributed by atoms with Crippen molar-refractivity contribution < 1.29 is 34.2 Å². The van der Waals surface area contributed by atoms with E-state index in [4.69, 9.17) is 10.2 Å². The maximum absolute atomic E-state index is 12.4. The van der Waals surface area contributed by atoms with Crippen molar-refractivity contribution in [3.05, 3.63) is 0 Å². The van der Waals surface area contributed by atoms with Crippen LogP contribution in [-0.2, 0) is 24.0 Å². The van der Waals surface area contributed by atoms with Crippen LogP contribution >= 0.6 is 0 Å². The molecule has 0 bridgehead atoms. The van der Waals surface area contributed by atoms with Gasteiger partial charge in [0.05, 0.1) is 19.0 Å². The number of carbonyl (C=O) groups excluding carboxylic acids is 3. The fraction of sp³-hybridized carbons (Fsp3) is 0.706. The Morgan fingerprint density at radius 1 is 1.14 bits per heavy atom. The molecule has 1 aliphatic rings. The van der Waals surface area contributed by atoms with Gasteiger partial charge in [0.1, 0.15) is 12.1 Å². The van der Waals surface area contributed by atoms with E-state index >= 15 is 0 Å². The van der Waals surface area contributed by atoms with E-state index in [-0.39, 0.29) is 24.4 Å². The second-order valence-electron chi connectivity index (χ2n) is 6.79. The van der Waals surface area contributed by atoms with Crippen LogP contribution in [0.1, 0.15) is 39.5 Å². The number of carboxylic acid groups (broad SMARTS) is 2. The summed E-state index contributed by atoms with van der Waals surface area (Å²) in [4.78, 5) is 58.4. The average Bonchev–Trinajstić information content (AvgIpc) is 3.17. The van der Waals surface area contributed by atoms with Gasteiger partial charge >= 0.3 is 11.9 Å². The minimum absolute atomic E-state index is 0.301. The lowest BCUT2D eigenvalue weighted by Crippen LogP contribution is -2.56. The van der Waals surface area contributed by atoms with Gasteiger partial charge in [0.2, 0.25) is 17.7 Å². The van der Waals surface area contributed by atoms with Gasteiger partial charge in [-0.15, -0.1) is 0 Å². The van der Waals surface area contributed by atoms with Crippen molar-refractivity contribution in [2.75, 3.05) is 13.1 Å². The predicted octanol–water partition coefficient (Wildman–Crippen LogP) is -1.57. The third kappa shape index (κ3) is 7.51. The lowest BCUT2D eigenvalue weighted by Gasteiger charge is -2.25. The molecule has 0 radical (unpaired) electrons. The summed E-state index contributed by atoms with van der Waals surface area (Å²) in [5.41, 5.74) is 0. The number of carboxylic acids is 2. The van der Waals surface area contributed by atoms with Gasteiger partial charge in [-0.2, -0.15) is 0 Å². The fourth-order valence-corrected chi connectivity index (χ4v) is 2.76. The van der Waals surface area contributed by atoms with Crippen molar-refractivity contribution in [1.82, 2.24) is 21.3 Å². The Hall–Kier alpha value is -2.69. The number of carbonyl (C=O) groups is 5. The van der Waals surface area contributed by atoms with Crippen molar-refractivity contribution in [2.45, 2.75) is 57.7 Å². The first kappa shape index (κ1) is 23.3. The standard InChI is InChI=1S/C17H28N4O7/c1-3-9(2)14(16(26)20-11(17(27)28)7-13(23)24)21-12(22)8-19-15(25)10-5-4-6-18-10/h9-11,14,18H,3-8H2,1-2H3,(H,19,25)(H,20,26)(H,21,22)(H,23,24)(H,27,28). The Kier molecular flexibility index (Phi) is 9.36. The lowest BCUT2D eigenvalue weighted by molar-refractivity contribution is -0.147. The molecule has 0 aromatic carbocycles. The van der Waals surface area contributed by atoms with E-state index < -0.39 is 42.3 Å². The summed E-state index contributed by atoms with van der Waals surface area (Å²) < 4.78 is 0. The molecule has 1 fully saturated rings. The quantitative estimate of drug-likeness (QED) is 0.241. The molecule has 4 unspecified atom stereocenters. The van der Waals surface area contributed by atoms with Crippen LogP contribution in [0.15, 0.2) is 0 Å². The molecule has 158 valence electrons. The van der Waals surface area contributed by atoms with Crippen LogP contribution in [0.25, 0.3) is 0 Å². The molecule has 0 aromatic rings. The lowest BCUT2D eigenvalue weighted by atomic mass is 9.97. The van der Waals surface area contributed by atoms with E-state index in [2.05, 4.69) is 21.3 Å². The third-order valence-electron chi connectivity index (χ3n) is 4.61. The van der Waals surface area contributed by atoms with Crippen molar-refractivity contribution in [2.24, 2.45) is 5.92 Å². The van der Waals surface area contributed by atoms with Gasteiger partial charge in [-0.25, -0.2) is 4.79 Å². The summed E-state index contributed by atoms with van der Waals surface area (Å²) >= 11 is 0. The minimum atomic E-state index is -1.61. The first-order valence-electron chi connectivity index (χ1n) is 9.21. The highest BCUT2D eigenvalue weighted by Crippen LogP contribution is 2.09. The summed E-state index contributed by atoms with van der Waals surface area (Å²) in [7, 11) is 0. The zero-order chi connectivity index (χ0) is 21.3. The fourth-order valence-electron chi connectivity index (χ4n) is 2.76. The molecule has 6 N–H and O–H groups in total. The van der Waals surface area contributed by atoms with E-state index in [1.807, 2.05) is 0 Å². The topological polar surface area (TPSA) is 174 Å². The number of hydrogen-bond acceptors (Lipinski definition) is 6. The Bertz CT molecular complexity index is 604. The SMILES string of the molecule is CCC(C)C(NC(=O)CNC(=O)C1CCCN1)C(=O)NC(CC(=O)O)C(=O)O. The summed E-state index contributed by atoms with van der Waals surface area (Å²) in [6.45, 7) is 3.89. The number of aliphatic carboxylic acids is 2. The van der Waals surface area contributed by atoms with E-state index in [0.717, 1.165) is 13.0 Å². The molecular formula is C17H28N4O7. The van der Waals surface area contributed by atoms with Gasteiger partial charge in [0, 0.05) is 0 Å². The highest BCUT2D eigenvalue weighted by Gasteiger charge is 2.31. The van der Waals surface area contributed by atoms with Crippen LogP contribution in [0.2, 0.25) is 0 Å². The van der Waals surface area contributed by atoms with Crippen molar-refractivity contribution in [3.63, 3.8) is 0 Å². The summed E-state index contributed by atoms with van der Waals surface area (Å²) in [6.07, 6.45) is 1.28. The molecule has 1 heterocycles. The van der Waals surface area contributed by atoms with Crippen LogP contribution in [0.4, 0.5) is 0 Å². The first-order chi connectivity index (χ1) is 13.1. The first-order valence-corrected chi connectivity index (χ1v) is 9.21. The monoisotopic (exact) mass is 400 g/mol. The number of rotatable bonds is 11. The van der Waals surface area contributed by atoms with Gasteiger partial charge in [0.25, 0.3) is 0 Å². The van der Waals surface area contributed by atoms with Crippen molar-refractivity contribution in [3.8, 4) is 0 Å². The Morgan fingerprint density at radius 3 is 2.32 bits per heavy atom. The Morgan fingerprint density at radius 2 is 1.82 bits per heavy atom. The molecule has 0 saturated carbocycles. The highest BCUT2D eigenvalue weighted by atomic mass is 16.4. The molecule has 0 aliphatic carbocycles. The number of nitrogens with one attached hydrogen (secondary N) is 4. The van der Waals surface area contributed by atoms with Gasteiger partial charge < -0.3 is 31.5 Å². The summed E-state index contributed by atoms with van der Waals surface area (Å²) in [5.74, 6) is -4.89.